The Hall–Kier alpha value is -2.31. The average Bonchev–Trinajstić information content (AvgIpc) is 3.18. The van der Waals surface area contributed by atoms with Crippen LogP contribution in [0.15, 0.2) is 59.5 Å². The Morgan fingerprint density at radius 2 is 1.62 bits per heavy atom. The van der Waals surface area contributed by atoms with E-state index in [-0.39, 0.29) is 34.8 Å². The number of carbonyl (C=O) groups excluding carboxylic acids is 2. The van der Waals surface area contributed by atoms with E-state index in [9.17, 15) is 18.0 Å². The summed E-state index contributed by atoms with van der Waals surface area (Å²) in [5, 5.41) is 0. The molecule has 6 heteroatoms. The molecule has 6 atom stereocenters. The number of hydrogen-bond acceptors (Lipinski definition) is 4. The normalized spacial score (nSPS) is 37.3. The van der Waals surface area contributed by atoms with E-state index < -0.39 is 26.7 Å². The maximum Gasteiger partial charge on any atom is 0.222 e. The Kier molecular flexibility index (Phi) is 3.41. The highest BCUT2D eigenvalue weighted by Gasteiger charge is 2.79. The quantitative estimate of drug-likeness (QED) is 0.819. The van der Waals surface area contributed by atoms with Crippen LogP contribution in [0.2, 0.25) is 0 Å². The molecule has 148 valence electrons. The Morgan fingerprint density at radius 3 is 2.38 bits per heavy atom. The average molecular weight is 408 g/mol. The first-order valence-electron chi connectivity index (χ1n) is 10.3. The first-order valence-corrected chi connectivity index (χ1v) is 11.8. The molecule has 0 amide bonds. The molecule has 3 fully saturated rings. The number of benzene rings is 2. The van der Waals surface area contributed by atoms with E-state index in [0.717, 1.165) is 28.9 Å². The second kappa shape index (κ2) is 5.64. The minimum absolute atomic E-state index is 0.0317. The van der Waals surface area contributed by atoms with Crippen LogP contribution in [0.3, 0.4) is 0 Å². The second-order valence-electron chi connectivity index (χ2n) is 8.84. The van der Waals surface area contributed by atoms with E-state index in [1.54, 1.807) is 30.3 Å². The summed E-state index contributed by atoms with van der Waals surface area (Å²) in [5.74, 6) is -0.428. The van der Waals surface area contributed by atoms with Gasteiger partial charge in [-0.2, -0.15) is 0 Å². The van der Waals surface area contributed by atoms with Gasteiger partial charge in [-0.15, -0.1) is 0 Å². The summed E-state index contributed by atoms with van der Waals surface area (Å²) >= 11 is 0. The summed E-state index contributed by atoms with van der Waals surface area (Å²) in [6.45, 7) is 0. The van der Waals surface area contributed by atoms with Gasteiger partial charge in [0.1, 0.15) is 11.8 Å². The van der Waals surface area contributed by atoms with Crippen molar-refractivity contribution in [2.24, 2.45) is 5.92 Å². The molecule has 2 aromatic rings. The number of nitrogens with one attached hydrogen (secondary N) is 1. The molecule has 3 aliphatic heterocycles. The lowest BCUT2D eigenvalue weighted by atomic mass is 9.70. The van der Waals surface area contributed by atoms with Crippen molar-refractivity contribution in [3.05, 3.63) is 65.7 Å². The van der Waals surface area contributed by atoms with Crippen LogP contribution >= 0.6 is 0 Å². The predicted molar refractivity (Wildman–Crippen MR) is 105 cm³/mol. The second-order valence-corrected chi connectivity index (χ2v) is 11.0. The number of rotatable bonds is 2. The summed E-state index contributed by atoms with van der Waals surface area (Å²) in [6.07, 6.45) is 2.32. The lowest BCUT2D eigenvalue weighted by Gasteiger charge is -2.45. The smallest absolute Gasteiger partial charge is 0.222 e. The van der Waals surface area contributed by atoms with Crippen molar-refractivity contribution in [3.63, 3.8) is 0 Å². The van der Waals surface area contributed by atoms with Crippen LogP contribution in [0.1, 0.15) is 48.9 Å². The number of Topliss-reactive ketones (excluding diaryl/α,β-unsaturated/α-hetero) is 2. The maximum atomic E-state index is 14.0. The maximum absolute atomic E-state index is 14.0. The first kappa shape index (κ1) is 17.5. The van der Waals surface area contributed by atoms with E-state index in [0.29, 0.717) is 6.42 Å². The molecule has 3 heterocycles. The van der Waals surface area contributed by atoms with Crippen molar-refractivity contribution < 1.29 is 22.9 Å². The molecule has 4 bridgehead atoms. The summed E-state index contributed by atoms with van der Waals surface area (Å²) < 4.78 is 26.5. The van der Waals surface area contributed by atoms with Gasteiger partial charge in [-0.3, -0.25) is 9.59 Å². The molecule has 0 radical (unpaired) electrons. The van der Waals surface area contributed by atoms with Crippen LogP contribution < -0.4 is 4.90 Å². The van der Waals surface area contributed by atoms with E-state index in [2.05, 4.69) is 0 Å². The SMILES string of the molecule is O=C1CCC[C@@H]2[C@@H]1CC1(S(=O)(=O)c3ccccc3)C(=O)C3c4ccccc4C1[NH+]32. The fourth-order valence-corrected chi connectivity index (χ4v) is 9.00. The number of piperidine rings is 1. The fraction of sp³-hybridized carbons (Fsp3) is 0.391. The molecule has 2 aromatic carbocycles. The summed E-state index contributed by atoms with van der Waals surface area (Å²) in [4.78, 5) is 27.9. The zero-order valence-electron chi connectivity index (χ0n) is 15.9. The van der Waals surface area contributed by atoms with Gasteiger partial charge in [-0.1, -0.05) is 42.5 Å². The Bertz CT molecular complexity index is 1160. The molecule has 1 aliphatic carbocycles. The minimum Gasteiger partial charge on any atom is -0.311 e. The molecule has 0 aromatic heterocycles. The summed E-state index contributed by atoms with van der Waals surface area (Å²) in [5.41, 5.74) is 1.93. The van der Waals surface area contributed by atoms with Crippen molar-refractivity contribution in [3.8, 4) is 0 Å². The number of ketones is 2. The molecule has 0 spiro atoms. The number of carbonyl (C=O) groups is 2. The molecule has 29 heavy (non-hydrogen) atoms. The minimum atomic E-state index is -3.95. The van der Waals surface area contributed by atoms with Crippen molar-refractivity contribution in [2.75, 3.05) is 0 Å². The van der Waals surface area contributed by atoms with Crippen molar-refractivity contribution in [1.82, 2.24) is 0 Å². The van der Waals surface area contributed by atoms with Crippen LogP contribution in [0.25, 0.3) is 0 Å². The molecule has 5 nitrogen and oxygen atoms in total. The topological polar surface area (TPSA) is 72.7 Å². The Balaban J connectivity index is 1.63. The summed E-state index contributed by atoms with van der Waals surface area (Å²) in [7, 11) is -3.95. The summed E-state index contributed by atoms with van der Waals surface area (Å²) in [6, 6.07) is 15.2. The van der Waals surface area contributed by atoms with Gasteiger partial charge in [-0.05, 0) is 25.0 Å². The van der Waals surface area contributed by atoms with Gasteiger partial charge in [0.25, 0.3) is 0 Å². The van der Waals surface area contributed by atoms with E-state index >= 15 is 0 Å². The van der Waals surface area contributed by atoms with Gasteiger partial charge in [0.2, 0.25) is 5.78 Å². The van der Waals surface area contributed by atoms with Crippen LogP contribution in [0.4, 0.5) is 0 Å². The molecular formula is C23H22NO4S+. The molecule has 2 saturated heterocycles. The first-order chi connectivity index (χ1) is 14.0. The van der Waals surface area contributed by atoms with Crippen LogP contribution in [-0.2, 0) is 19.4 Å². The zero-order chi connectivity index (χ0) is 20.0. The van der Waals surface area contributed by atoms with Gasteiger partial charge in [0, 0.05) is 24.0 Å². The third-order valence-electron chi connectivity index (χ3n) is 7.75. The highest BCUT2D eigenvalue weighted by atomic mass is 32.2. The van der Waals surface area contributed by atoms with Gasteiger partial charge in [0.05, 0.1) is 16.9 Å². The third kappa shape index (κ3) is 1.92. The van der Waals surface area contributed by atoms with Crippen molar-refractivity contribution >= 4 is 21.4 Å². The molecular weight excluding hydrogens is 386 g/mol. The van der Waals surface area contributed by atoms with E-state index in [1.165, 1.54) is 0 Å². The standard InChI is InChI=1S/C23H21NO4S/c25-19-12-6-11-18-17(19)13-23(29(27,28)14-7-2-1-3-8-14)21-16-10-5-4-9-15(16)20(22(23)26)24(18)21/h1-5,7-10,17-18,20-21H,6,11-13H2/p+1/t17-,18+,20?,21?,23?/m0/s1. The number of hydrogen-bond donors (Lipinski definition) is 1. The fourth-order valence-electron chi connectivity index (χ4n) is 6.70. The van der Waals surface area contributed by atoms with E-state index in [4.69, 9.17) is 0 Å². The third-order valence-corrected chi connectivity index (χ3v) is 10.2. The molecule has 4 aliphatic rings. The van der Waals surface area contributed by atoms with Crippen LogP contribution in [-0.4, -0.2) is 30.8 Å². The van der Waals surface area contributed by atoms with Crippen molar-refractivity contribution in [2.45, 2.75) is 53.5 Å². The van der Waals surface area contributed by atoms with Gasteiger partial charge in [0.15, 0.2) is 20.6 Å². The number of fused-ring (bicyclic) bond motifs is 3. The molecule has 6 rings (SSSR count). The Morgan fingerprint density at radius 1 is 0.931 bits per heavy atom. The highest BCUT2D eigenvalue weighted by molar-refractivity contribution is 7.93. The van der Waals surface area contributed by atoms with E-state index in [1.807, 2.05) is 24.3 Å². The van der Waals surface area contributed by atoms with Gasteiger partial charge in [-0.25, -0.2) is 8.42 Å². The van der Waals surface area contributed by atoms with Gasteiger partial charge < -0.3 is 4.90 Å². The van der Waals surface area contributed by atoms with Crippen LogP contribution in [0.5, 0.6) is 0 Å². The molecule has 1 N–H and O–H groups in total. The zero-order valence-corrected chi connectivity index (χ0v) is 16.7. The number of quaternary nitrogens is 1. The lowest BCUT2D eigenvalue weighted by Crippen LogP contribution is -3.16. The van der Waals surface area contributed by atoms with Crippen molar-refractivity contribution in [1.29, 1.82) is 0 Å². The molecule has 4 unspecified atom stereocenters. The largest absolute Gasteiger partial charge is 0.311 e. The monoisotopic (exact) mass is 408 g/mol. The number of sulfone groups is 1. The lowest BCUT2D eigenvalue weighted by molar-refractivity contribution is -0.969. The Labute approximate surface area is 169 Å². The predicted octanol–water partition coefficient (Wildman–Crippen LogP) is 1.60. The molecule has 1 saturated carbocycles. The highest BCUT2D eigenvalue weighted by Crippen LogP contribution is 2.56. The van der Waals surface area contributed by atoms with Gasteiger partial charge >= 0.3 is 0 Å². The van der Waals surface area contributed by atoms with Crippen LogP contribution in [0, 0.1) is 5.92 Å².